The summed E-state index contributed by atoms with van der Waals surface area (Å²) >= 11 is 6.44. The van der Waals surface area contributed by atoms with Crippen molar-refractivity contribution in [1.82, 2.24) is 9.88 Å². The van der Waals surface area contributed by atoms with Crippen molar-refractivity contribution in [3.8, 4) is 5.75 Å². The molecule has 2 aromatic carbocycles. The summed E-state index contributed by atoms with van der Waals surface area (Å²) in [5.74, 6) is -2.69. The highest BCUT2D eigenvalue weighted by Gasteiger charge is 2.70. The second kappa shape index (κ2) is 9.84. The van der Waals surface area contributed by atoms with Crippen molar-refractivity contribution in [3.05, 3.63) is 78.2 Å². The number of likely N-dealkylation sites (tertiary alicyclic amines) is 1. The third kappa shape index (κ3) is 4.06. The lowest BCUT2D eigenvalue weighted by Crippen LogP contribution is -2.44. The van der Waals surface area contributed by atoms with Crippen LogP contribution in [-0.2, 0) is 21.0 Å². The zero-order chi connectivity index (χ0) is 28.7. The maximum atomic E-state index is 13.7. The lowest BCUT2D eigenvalue weighted by molar-refractivity contribution is -0.154. The summed E-state index contributed by atoms with van der Waals surface area (Å²) in [6.45, 7) is 3.83. The van der Waals surface area contributed by atoms with Gasteiger partial charge < -0.3 is 14.8 Å². The lowest BCUT2D eigenvalue weighted by Gasteiger charge is -2.43. The minimum atomic E-state index is -1.20. The van der Waals surface area contributed by atoms with Gasteiger partial charge in [-0.25, -0.2) is 4.79 Å². The van der Waals surface area contributed by atoms with Crippen molar-refractivity contribution in [3.63, 3.8) is 0 Å². The van der Waals surface area contributed by atoms with Crippen LogP contribution in [0.15, 0.2) is 56.8 Å². The van der Waals surface area contributed by atoms with Crippen LogP contribution < -0.4 is 9.61 Å². The standard InChI is InChI=1S/C30H27BrN2O6S2/c1-12-5-3-4-6-14(12)11-39-19-8-7-15(31)9-16(19)20-21-17-10-18(24(21)40-26-25(20)41-30(38)32-26)23-22(17)27(34)33(28(23)35)13(2)29(36)37/h3-9,13,17-18,20-24H,10-11H2,1-2H3,(H,32,38)(H,36,37)/t13?,17?,18?,20-,21?,22?,23?,24?/m1/s1. The number of amides is 2. The average molecular weight is 656 g/mol. The number of hydrogen-bond donors (Lipinski definition) is 2. The van der Waals surface area contributed by atoms with E-state index >= 15 is 0 Å². The van der Waals surface area contributed by atoms with Crippen molar-refractivity contribution in [1.29, 1.82) is 0 Å². The molecule has 2 amide bonds. The molecular formula is C30H27BrN2O6S2. The second-order valence-corrected chi connectivity index (χ2v) is 14.5. The summed E-state index contributed by atoms with van der Waals surface area (Å²) in [5, 5.41) is 10.4. The summed E-state index contributed by atoms with van der Waals surface area (Å²) in [5.41, 5.74) is 3.16. The Kier molecular flexibility index (Phi) is 6.48. The van der Waals surface area contributed by atoms with E-state index in [0.29, 0.717) is 12.4 Å². The number of thioether (sulfide) groups is 1. The van der Waals surface area contributed by atoms with Crippen LogP contribution in [0.2, 0.25) is 0 Å². The first kappa shape index (κ1) is 27.0. The minimum Gasteiger partial charge on any atom is -0.489 e. The number of carbonyl (C=O) groups excluding carboxylic acids is 2. The zero-order valence-corrected chi connectivity index (χ0v) is 25.4. The van der Waals surface area contributed by atoms with Gasteiger partial charge in [-0.05, 0) is 67.3 Å². The number of rotatable bonds is 6. The van der Waals surface area contributed by atoms with Crippen LogP contribution in [0.4, 0.5) is 0 Å². The number of fused-ring (bicyclic) bond motifs is 9. The highest BCUT2D eigenvalue weighted by molar-refractivity contribution is 9.10. The third-order valence-electron chi connectivity index (χ3n) is 9.45. The van der Waals surface area contributed by atoms with Gasteiger partial charge >= 0.3 is 10.8 Å². The van der Waals surface area contributed by atoms with Gasteiger partial charge in [0.05, 0.1) is 16.9 Å². The molecule has 2 aliphatic carbocycles. The monoisotopic (exact) mass is 654 g/mol. The normalized spacial score (nSPS) is 30.2. The minimum absolute atomic E-state index is 0.00373. The fraction of sp³-hybridized carbons (Fsp3) is 0.400. The van der Waals surface area contributed by atoms with E-state index in [2.05, 4.69) is 20.9 Å². The van der Waals surface area contributed by atoms with E-state index in [4.69, 9.17) is 4.74 Å². The molecule has 2 aliphatic heterocycles. The maximum Gasteiger partial charge on any atom is 0.326 e. The molecule has 3 fully saturated rings. The molecule has 2 bridgehead atoms. The van der Waals surface area contributed by atoms with Crippen LogP contribution in [0, 0.1) is 36.5 Å². The van der Waals surface area contributed by atoms with E-state index in [1.54, 1.807) is 11.8 Å². The summed E-state index contributed by atoms with van der Waals surface area (Å²) in [7, 11) is 0. The molecule has 7 unspecified atom stereocenters. The molecule has 8 nitrogen and oxygen atoms in total. The Bertz CT molecular complexity index is 1670. The van der Waals surface area contributed by atoms with Crippen LogP contribution in [0.1, 0.15) is 40.8 Å². The number of aromatic amines is 1. The number of carboxylic acid groups (broad SMARTS) is 1. The molecule has 3 aromatic rings. The Labute approximate surface area is 252 Å². The number of ether oxygens (including phenoxy) is 1. The van der Waals surface area contributed by atoms with Crippen molar-refractivity contribution in [2.24, 2.45) is 29.6 Å². The largest absolute Gasteiger partial charge is 0.489 e. The van der Waals surface area contributed by atoms with E-state index in [1.807, 2.05) is 49.4 Å². The molecule has 0 spiro atoms. The predicted octanol–water partition coefficient (Wildman–Crippen LogP) is 5.03. The summed E-state index contributed by atoms with van der Waals surface area (Å²) in [6.07, 6.45) is 0.730. The van der Waals surface area contributed by atoms with Crippen LogP contribution in [0.3, 0.4) is 0 Å². The van der Waals surface area contributed by atoms with Crippen molar-refractivity contribution in [2.45, 2.75) is 49.1 Å². The number of hydrogen-bond acceptors (Lipinski definition) is 7. The first-order chi connectivity index (χ1) is 19.7. The number of nitrogens with one attached hydrogen (secondary N) is 1. The van der Waals surface area contributed by atoms with Crippen molar-refractivity contribution in [2.75, 3.05) is 0 Å². The third-order valence-corrected chi connectivity index (χ3v) is 12.5. The first-order valence-corrected chi connectivity index (χ1v) is 16.1. The number of halogens is 1. The van der Waals surface area contributed by atoms with Crippen LogP contribution in [-0.4, -0.2) is 44.1 Å². The van der Waals surface area contributed by atoms with Crippen molar-refractivity contribution >= 4 is 56.8 Å². The molecule has 11 heteroatoms. The van der Waals surface area contributed by atoms with Crippen LogP contribution in [0.25, 0.3) is 0 Å². The average Bonchev–Trinajstić information content (AvgIpc) is 3.67. The molecule has 2 N–H and O–H groups in total. The number of aromatic nitrogens is 1. The van der Waals surface area contributed by atoms with Gasteiger partial charge in [0.2, 0.25) is 11.8 Å². The van der Waals surface area contributed by atoms with Crippen LogP contribution in [0.5, 0.6) is 5.75 Å². The molecule has 1 saturated heterocycles. The molecule has 212 valence electrons. The molecule has 1 aromatic heterocycles. The van der Waals surface area contributed by atoms with E-state index < -0.39 is 23.8 Å². The molecule has 0 radical (unpaired) electrons. The Hall–Kier alpha value is -2.89. The summed E-state index contributed by atoms with van der Waals surface area (Å²) < 4.78 is 7.34. The lowest BCUT2D eigenvalue weighted by atomic mass is 9.68. The molecule has 4 aliphatic rings. The smallest absolute Gasteiger partial charge is 0.326 e. The Morgan fingerprint density at radius 3 is 2.61 bits per heavy atom. The SMILES string of the molecule is Cc1ccccc1COc1ccc(Br)cc1[C@H]1c2sc(=O)[nH]c2SC2C3CC(C4C(=O)N(C(C)C(=O)O)C(=O)C34)C21. The van der Waals surface area contributed by atoms with E-state index in [9.17, 15) is 24.3 Å². The van der Waals surface area contributed by atoms with Gasteiger partial charge in [-0.2, -0.15) is 0 Å². The number of carboxylic acids is 1. The van der Waals surface area contributed by atoms with Gasteiger partial charge in [-0.1, -0.05) is 51.5 Å². The Morgan fingerprint density at radius 2 is 1.88 bits per heavy atom. The highest BCUT2D eigenvalue weighted by atomic mass is 79.9. The number of benzene rings is 2. The maximum absolute atomic E-state index is 13.7. The number of aryl methyl sites for hydroxylation is 1. The van der Waals surface area contributed by atoms with Gasteiger partial charge in [-0.15, -0.1) is 11.8 Å². The summed E-state index contributed by atoms with van der Waals surface area (Å²) in [6, 6.07) is 12.8. The highest BCUT2D eigenvalue weighted by Crippen LogP contribution is 2.69. The Morgan fingerprint density at radius 1 is 1.15 bits per heavy atom. The van der Waals surface area contributed by atoms with E-state index in [0.717, 1.165) is 42.4 Å². The molecule has 7 rings (SSSR count). The number of carbonyl (C=O) groups is 3. The molecule has 8 atom stereocenters. The fourth-order valence-corrected chi connectivity index (χ4v) is 11.0. The zero-order valence-electron chi connectivity index (χ0n) is 22.2. The van der Waals surface area contributed by atoms with Gasteiger partial charge in [0.25, 0.3) is 0 Å². The van der Waals surface area contributed by atoms with E-state index in [-0.39, 0.29) is 45.6 Å². The first-order valence-electron chi connectivity index (χ1n) is 13.6. The van der Waals surface area contributed by atoms with Crippen molar-refractivity contribution < 1.29 is 24.2 Å². The van der Waals surface area contributed by atoms with Crippen LogP contribution >= 0.6 is 39.0 Å². The molecule has 2 saturated carbocycles. The number of imide groups is 1. The van der Waals surface area contributed by atoms with E-state index in [1.165, 1.54) is 18.3 Å². The second-order valence-electron chi connectivity index (χ2n) is 11.4. The summed E-state index contributed by atoms with van der Waals surface area (Å²) in [4.78, 5) is 56.4. The molecular weight excluding hydrogens is 628 g/mol. The molecule has 3 heterocycles. The number of nitrogens with zero attached hydrogens (tertiary/aromatic N) is 1. The van der Waals surface area contributed by atoms with Gasteiger partial charge in [0, 0.05) is 26.1 Å². The number of thiazole rings is 1. The topological polar surface area (TPSA) is 117 Å². The molecule has 41 heavy (non-hydrogen) atoms. The van der Waals surface area contributed by atoms with Gasteiger partial charge in [0.15, 0.2) is 0 Å². The quantitative estimate of drug-likeness (QED) is 0.358. The number of aliphatic carboxylic acids is 1. The Balaban J connectivity index is 1.31. The van der Waals surface area contributed by atoms with Gasteiger partial charge in [-0.3, -0.25) is 19.3 Å². The number of H-pyrrole nitrogens is 1. The fourth-order valence-electron chi connectivity index (χ4n) is 7.70. The predicted molar refractivity (Wildman–Crippen MR) is 157 cm³/mol. The van der Waals surface area contributed by atoms with Gasteiger partial charge in [0.1, 0.15) is 18.4 Å².